The first kappa shape index (κ1) is 20.5. The fourth-order valence-corrected chi connectivity index (χ4v) is 3.41. The summed E-state index contributed by atoms with van der Waals surface area (Å²) in [5.74, 6) is 0. The minimum Gasteiger partial charge on any atom is -0.304 e. The minimum absolute atomic E-state index is 1.11. The van der Waals surface area contributed by atoms with E-state index < -0.39 is 0 Å². The van der Waals surface area contributed by atoms with Crippen LogP contribution < -0.4 is 0 Å². The van der Waals surface area contributed by atoms with Crippen LogP contribution in [-0.4, -0.2) is 24.5 Å². The Morgan fingerprint density at radius 1 is 0.731 bits per heavy atom. The van der Waals surface area contributed by atoms with E-state index in [1.165, 1.54) is 61.9 Å². The highest BCUT2D eigenvalue weighted by Crippen LogP contribution is 2.11. The molecule has 0 bridgehead atoms. The standard InChI is InChI=1S/C25H35N/c1-3-5-7-12-24-17-19-25(20-18-24)16-11-22-26(4-2)21-10-15-23-13-8-6-9-14-23/h3,6,8-9,13-14,17-20H,1,4-5,7,10-12,15-16,21-22H2,2H3. The molecule has 0 aliphatic rings. The summed E-state index contributed by atoms with van der Waals surface area (Å²) in [6.07, 6.45) is 10.3. The van der Waals surface area contributed by atoms with Gasteiger partial charge in [-0.2, -0.15) is 0 Å². The van der Waals surface area contributed by atoms with Gasteiger partial charge < -0.3 is 4.90 Å². The van der Waals surface area contributed by atoms with Crippen LogP contribution in [0.4, 0.5) is 0 Å². The average Bonchev–Trinajstić information content (AvgIpc) is 2.69. The summed E-state index contributed by atoms with van der Waals surface area (Å²) in [6, 6.07) is 20.1. The predicted octanol–water partition coefficient (Wildman–Crippen LogP) is 6.08. The van der Waals surface area contributed by atoms with Crippen LogP contribution in [0.2, 0.25) is 0 Å². The Balaban J connectivity index is 1.64. The van der Waals surface area contributed by atoms with E-state index in [4.69, 9.17) is 0 Å². The minimum atomic E-state index is 1.11. The lowest BCUT2D eigenvalue weighted by molar-refractivity contribution is 0.281. The predicted molar refractivity (Wildman–Crippen MR) is 115 cm³/mol. The van der Waals surface area contributed by atoms with Crippen LogP contribution in [0, 0.1) is 0 Å². The molecule has 0 N–H and O–H groups in total. The number of hydrogen-bond donors (Lipinski definition) is 0. The first-order valence-electron chi connectivity index (χ1n) is 10.3. The fourth-order valence-electron chi connectivity index (χ4n) is 3.41. The number of nitrogens with zero attached hydrogens (tertiary/aromatic N) is 1. The van der Waals surface area contributed by atoms with Crippen LogP contribution in [0.25, 0.3) is 0 Å². The number of unbranched alkanes of at least 4 members (excludes halogenated alkanes) is 1. The third-order valence-corrected chi connectivity index (χ3v) is 5.07. The third-order valence-electron chi connectivity index (χ3n) is 5.07. The summed E-state index contributed by atoms with van der Waals surface area (Å²) in [5, 5.41) is 0. The van der Waals surface area contributed by atoms with Crippen LogP contribution in [-0.2, 0) is 19.3 Å². The quantitative estimate of drug-likeness (QED) is 0.313. The van der Waals surface area contributed by atoms with Gasteiger partial charge in [0.05, 0.1) is 0 Å². The van der Waals surface area contributed by atoms with Gasteiger partial charge in [-0.15, -0.1) is 6.58 Å². The van der Waals surface area contributed by atoms with Crippen molar-refractivity contribution in [3.63, 3.8) is 0 Å². The lowest BCUT2D eigenvalue weighted by atomic mass is 10.0. The molecule has 140 valence electrons. The Bertz CT molecular complexity index is 600. The molecule has 2 aromatic carbocycles. The lowest BCUT2D eigenvalue weighted by Gasteiger charge is -2.20. The summed E-state index contributed by atoms with van der Waals surface area (Å²) in [7, 11) is 0. The van der Waals surface area contributed by atoms with Gasteiger partial charge in [0.15, 0.2) is 0 Å². The van der Waals surface area contributed by atoms with Crippen LogP contribution >= 0.6 is 0 Å². The molecule has 0 spiro atoms. The van der Waals surface area contributed by atoms with Gasteiger partial charge in [-0.05, 0) is 81.3 Å². The van der Waals surface area contributed by atoms with E-state index >= 15 is 0 Å². The van der Waals surface area contributed by atoms with Crippen molar-refractivity contribution in [2.24, 2.45) is 0 Å². The number of rotatable bonds is 13. The number of benzene rings is 2. The van der Waals surface area contributed by atoms with Crippen molar-refractivity contribution in [1.29, 1.82) is 0 Å². The number of allylic oxidation sites excluding steroid dienone is 1. The second kappa shape index (κ2) is 12.5. The average molecular weight is 350 g/mol. The molecule has 0 saturated heterocycles. The van der Waals surface area contributed by atoms with Crippen molar-refractivity contribution in [3.8, 4) is 0 Å². The maximum Gasteiger partial charge on any atom is -0.00157 e. The van der Waals surface area contributed by atoms with Gasteiger partial charge >= 0.3 is 0 Å². The van der Waals surface area contributed by atoms with Gasteiger partial charge in [0, 0.05) is 0 Å². The van der Waals surface area contributed by atoms with Crippen molar-refractivity contribution in [2.75, 3.05) is 19.6 Å². The molecule has 26 heavy (non-hydrogen) atoms. The molecule has 0 fully saturated rings. The Morgan fingerprint density at radius 2 is 1.23 bits per heavy atom. The molecule has 0 amide bonds. The van der Waals surface area contributed by atoms with Gasteiger partial charge in [-0.25, -0.2) is 0 Å². The monoisotopic (exact) mass is 349 g/mol. The van der Waals surface area contributed by atoms with Crippen molar-refractivity contribution >= 4 is 0 Å². The molecule has 1 heteroatoms. The topological polar surface area (TPSA) is 3.24 Å². The largest absolute Gasteiger partial charge is 0.304 e. The SMILES string of the molecule is C=CCCCc1ccc(CCCN(CC)CCCc2ccccc2)cc1. The summed E-state index contributed by atoms with van der Waals surface area (Å²) in [6.45, 7) is 9.62. The van der Waals surface area contributed by atoms with Gasteiger partial charge in [-0.3, -0.25) is 0 Å². The van der Waals surface area contributed by atoms with E-state index in [0.29, 0.717) is 0 Å². The molecule has 0 heterocycles. The zero-order chi connectivity index (χ0) is 18.5. The van der Waals surface area contributed by atoms with E-state index in [1.807, 2.05) is 6.08 Å². The highest BCUT2D eigenvalue weighted by Gasteiger charge is 2.03. The van der Waals surface area contributed by atoms with Crippen molar-refractivity contribution < 1.29 is 0 Å². The fraction of sp³-hybridized carbons (Fsp3) is 0.440. The van der Waals surface area contributed by atoms with E-state index in [-0.39, 0.29) is 0 Å². The molecule has 1 nitrogen and oxygen atoms in total. The summed E-state index contributed by atoms with van der Waals surface area (Å²) in [5.41, 5.74) is 4.38. The molecule has 2 rings (SSSR count). The Kier molecular flexibility index (Phi) is 9.82. The van der Waals surface area contributed by atoms with Crippen molar-refractivity contribution in [3.05, 3.63) is 83.9 Å². The van der Waals surface area contributed by atoms with Crippen molar-refractivity contribution in [1.82, 2.24) is 4.90 Å². The van der Waals surface area contributed by atoms with E-state index in [9.17, 15) is 0 Å². The maximum atomic E-state index is 3.79. The Morgan fingerprint density at radius 3 is 1.73 bits per heavy atom. The molecule has 2 aromatic rings. The Hall–Kier alpha value is -1.86. The van der Waals surface area contributed by atoms with Crippen LogP contribution in [0.1, 0.15) is 49.3 Å². The van der Waals surface area contributed by atoms with Crippen LogP contribution in [0.15, 0.2) is 67.3 Å². The normalized spacial score (nSPS) is 11.0. The number of aryl methyl sites for hydroxylation is 3. The molecule has 0 aliphatic carbocycles. The van der Waals surface area contributed by atoms with Gasteiger partial charge in [-0.1, -0.05) is 67.6 Å². The second-order valence-electron chi connectivity index (χ2n) is 7.12. The van der Waals surface area contributed by atoms with Gasteiger partial charge in [0.1, 0.15) is 0 Å². The van der Waals surface area contributed by atoms with Crippen molar-refractivity contribution in [2.45, 2.75) is 51.9 Å². The molecular formula is C25H35N. The Labute approximate surface area is 160 Å². The molecule has 0 atom stereocenters. The zero-order valence-corrected chi connectivity index (χ0v) is 16.5. The highest BCUT2D eigenvalue weighted by molar-refractivity contribution is 5.22. The van der Waals surface area contributed by atoms with Crippen LogP contribution in [0.5, 0.6) is 0 Å². The summed E-state index contributed by atoms with van der Waals surface area (Å²) in [4.78, 5) is 2.59. The molecule has 0 saturated carbocycles. The van der Waals surface area contributed by atoms with E-state index in [0.717, 1.165) is 19.4 Å². The second-order valence-corrected chi connectivity index (χ2v) is 7.12. The van der Waals surface area contributed by atoms with Crippen LogP contribution in [0.3, 0.4) is 0 Å². The molecular weight excluding hydrogens is 314 g/mol. The third kappa shape index (κ3) is 8.01. The van der Waals surface area contributed by atoms with E-state index in [2.05, 4.69) is 73.0 Å². The van der Waals surface area contributed by atoms with Gasteiger partial charge in [0.2, 0.25) is 0 Å². The number of hydrogen-bond acceptors (Lipinski definition) is 1. The summed E-state index contributed by atoms with van der Waals surface area (Å²) < 4.78 is 0. The summed E-state index contributed by atoms with van der Waals surface area (Å²) >= 11 is 0. The smallest absolute Gasteiger partial charge is 0.00157 e. The van der Waals surface area contributed by atoms with E-state index in [1.54, 1.807) is 0 Å². The highest BCUT2D eigenvalue weighted by atomic mass is 15.1. The zero-order valence-electron chi connectivity index (χ0n) is 16.5. The molecule has 0 radical (unpaired) electrons. The lowest BCUT2D eigenvalue weighted by Crippen LogP contribution is -2.26. The molecule has 0 unspecified atom stereocenters. The first-order chi connectivity index (χ1) is 12.8. The first-order valence-corrected chi connectivity index (χ1v) is 10.3. The molecule has 0 aromatic heterocycles. The maximum absolute atomic E-state index is 3.79. The van der Waals surface area contributed by atoms with Gasteiger partial charge in [0.25, 0.3) is 0 Å². The molecule has 0 aliphatic heterocycles.